The molecule has 3 atom stereocenters. The molecular formula is C17H24N4O2. The molecule has 124 valence electrons. The number of nitrogens with zero attached hydrogens (tertiary/aromatic N) is 3. The van der Waals surface area contributed by atoms with E-state index in [2.05, 4.69) is 28.8 Å². The number of aromatic amines is 1. The number of carbonyl (C=O) groups is 1. The molecule has 2 aromatic heterocycles. The Hall–Kier alpha value is -2.08. The van der Waals surface area contributed by atoms with Crippen LogP contribution in [0.15, 0.2) is 24.5 Å². The van der Waals surface area contributed by atoms with Gasteiger partial charge in [-0.2, -0.15) is 0 Å². The van der Waals surface area contributed by atoms with E-state index in [1.807, 2.05) is 18.3 Å². The number of hydrogen-bond donors (Lipinski definition) is 2. The van der Waals surface area contributed by atoms with Crippen LogP contribution >= 0.6 is 0 Å². The highest BCUT2D eigenvalue weighted by molar-refractivity contribution is 5.89. The van der Waals surface area contributed by atoms with Gasteiger partial charge in [0.2, 0.25) is 0 Å². The minimum atomic E-state index is -0.938. The molecule has 0 radical (unpaired) electrons. The van der Waals surface area contributed by atoms with Gasteiger partial charge in [0.1, 0.15) is 11.8 Å². The molecule has 0 aliphatic carbocycles. The van der Waals surface area contributed by atoms with Gasteiger partial charge in [-0.05, 0) is 31.4 Å². The van der Waals surface area contributed by atoms with Crippen molar-refractivity contribution in [1.82, 2.24) is 14.9 Å². The van der Waals surface area contributed by atoms with E-state index in [-0.39, 0.29) is 11.9 Å². The zero-order valence-corrected chi connectivity index (χ0v) is 13.9. The minimum absolute atomic E-state index is 0.184. The van der Waals surface area contributed by atoms with Crippen LogP contribution in [0.3, 0.4) is 0 Å². The number of rotatable bonds is 3. The van der Waals surface area contributed by atoms with Crippen LogP contribution in [0, 0.1) is 5.92 Å². The Morgan fingerprint density at radius 1 is 1.52 bits per heavy atom. The number of anilines is 1. The molecule has 0 bridgehead atoms. The standard InChI is InChI=1S/C17H24N4O2/c1-11-6-9-21(17(23)12(2)22)10-15(11)20(3)14-5-8-19-16-13(14)4-7-18-16/h4-5,7-8,11-12,15,22H,6,9-10H2,1-3H3,(H,18,19)/t11-,12+,15?/m1/s1. The second kappa shape index (κ2) is 6.20. The molecule has 1 saturated heterocycles. The fraction of sp³-hybridized carbons (Fsp3) is 0.529. The summed E-state index contributed by atoms with van der Waals surface area (Å²) in [5.41, 5.74) is 1.98. The summed E-state index contributed by atoms with van der Waals surface area (Å²) in [7, 11) is 2.07. The van der Waals surface area contributed by atoms with Gasteiger partial charge < -0.3 is 19.9 Å². The van der Waals surface area contributed by atoms with Crippen LogP contribution < -0.4 is 4.90 Å². The lowest BCUT2D eigenvalue weighted by atomic mass is 9.91. The normalized spacial score (nSPS) is 23.0. The Labute approximate surface area is 136 Å². The van der Waals surface area contributed by atoms with Gasteiger partial charge in [0.05, 0.1) is 0 Å². The first-order valence-corrected chi connectivity index (χ1v) is 8.11. The number of aromatic nitrogens is 2. The molecule has 1 amide bonds. The number of carbonyl (C=O) groups excluding carboxylic acids is 1. The number of aliphatic hydroxyl groups is 1. The Morgan fingerprint density at radius 3 is 3.04 bits per heavy atom. The molecule has 3 rings (SSSR count). The van der Waals surface area contributed by atoms with Crippen LogP contribution in [-0.2, 0) is 4.79 Å². The van der Waals surface area contributed by atoms with Gasteiger partial charge in [-0.15, -0.1) is 0 Å². The number of fused-ring (bicyclic) bond motifs is 1. The van der Waals surface area contributed by atoms with Crippen molar-refractivity contribution in [3.05, 3.63) is 24.5 Å². The lowest BCUT2D eigenvalue weighted by Crippen LogP contribution is -2.54. The van der Waals surface area contributed by atoms with Crippen LogP contribution in [0.1, 0.15) is 20.3 Å². The number of amides is 1. The molecule has 2 aromatic rings. The molecule has 1 aliphatic rings. The van der Waals surface area contributed by atoms with E-state index in [0.717, 1.165) is 23.1 Å². The first kappa shape index (κ1) is 15.8. The van der Waals surface area contributed by atoms with Crippen molar-refractivity contribution in [2.45, 2.75) is 32.4 Å². The number of hydrogen-bond acceptors (Lipinski definition) is 4. The summed E-state index contributed by atoms with van der Waals surface area (Å²) in [5, 5.41) is 10.7. The molecule has 6 heteroatoms. The molecule has 0 aromatic carbocycles. The minimum Gasteiger partial charge on any atom is -0.384 e. The predicted molar refractivity (Wildman–Crippen MR) is 90.3 cm³/mol. The van der Waals surface area contributed by atoms with Gasteiger partial charge in [0.25, 0.3) is 5.91 Å². The summed E-state index contributed by atoms with van der Waals surface area (Å²) >= 11 is 0. The van der Waals surface area contributed by atoms with Crippen LogP contribution in [0.25, 0.3) is 11.0 Å². The predicted octanol–water partition coefficient (Wildman–Crippen LogP) is 1.62. The number of nitrogens with one attached hydrogen (secondary N) is 1. The number of aliphatic hydroxyl groups excluding tert-OH is 1. The van der Waals surface area contributed by atoms with Crippen molar-refractivity contribution < 1.29 is 9.90 Å². The molecule has 1 unspecified atom stereocenters. The highest BCUT2D eigenvalue weighted by Gasteiger charge is 2.33. The fourth-order valence-electron chi connectivity index (χ4n) is 3.45. The molecule has 2 N–H and O–H groups in total. The zero-order chi connectivity index (χ0) is 16.6. The van der Waals surface area contributed by atoms with E-state index in [9.17, 15) is 9.90 Å². The summed E-state index contributed by atoms with van der Waals surface area (Å²) in [6.07, 6.45) is 3.69. The second-order valence-electron chi connectivity index (χ2n) is 6.47. The average Bonchev–Trinajstić information content (AvgIpc) is 3.02. The fourth-order valence-corrected chi connectivity index (χ4v) is 3.45. The zero-order valence-electron chi connectivity index (χ0n) is 13.9. The first-order valence-electron chi connectivity index (χ1n) is 8.11. The lowest BCUT2D eigenvalue weighted by Gasteiger charge is -2.43. The highest BCUT2D eigenvalue weighted by Crippen LogP contribution is 2.30. The topological polar surface area (TPSA) is 72.5 Å². The van der Waals surface area contributed by atoms with E-state index >= 15 is 0 Å². The number of likely N-dealkylation sites (tertiary alicyclic amines) is 1. The third-order valence-corrected chi connectivity index (χ3v) is 4.90. The van der Waals surface area contributed by atoms with E-state index < -0.39 is 6.10 Å². The summed E-state index contributed by atoms with van der Waals surface area (Å²) in [5.74, 6) is 0.289. The van der Waals surface area contributed by atoms with Crippen molar-refractivity contribution in [1.29, 1.82) is 0 Å². The van der Waals surface area contributed by atoms with Gasteiger partial charge in [-0.25, -0.2) is 4.98 Å². The summed E-state index contributed by atoms with van der Waals surface area (Å²) in [6, 6.07) is 4.26. The Balaban J connectivity index is 1.86. The largest absolute Gasteiger partial charge is 0.384 e. The molecular weight excluding hydrogens is 292 g/mol. The van der Waals surface area contributed by atoms with Crippen molar-refractivity contribution >= 4 is 22.6 Å². The second-order valence-corrected chi connectivity index (χ2v) is 6.47. The highest BCUT2D eigenvalue weighted by atomic mass is 16.3. The van der Waals surface area contributed by atoms with Gasteiger partial charge in [-0.3, -0.25) is 4.79 Å². The average molecular weight is 316 g/mol. The van der Waals surface area contributed by atoms with Crippen LogP contribution in [0.4, 0.5) is 5.69 Å². The van der Waals surface area contributed by atoms with Gasteiger partial charge in [0, 0.05) is 49.6 Å². The molecule has 0 saturated carbocycles. The van der Waals surface area contributed by atoms with E-state index in [0.29, 0.717) is 19.0 Å². The van der Waals surface area contributed by atoms with E-state index in [1.165, 1.54) is 6.92 Å². The third kappa shape index (κ3) is 2.91. The number of pyridine rings is 1. The Morgan fingerprint density at radius 2 is 2.30 bits per heavy atom. The molecule has 1 aliphatic heterocycles. The van der Waals surface area contributed by atoms with Gasteiger partial charge in [-0.1, -0.05) is 6.92 Å². The van der Waals surface area contributed by atoms with E-state index in [4.69, 9.17) is 0 Å². The van der Waals surface area contributed by atoms with Crippen molar-refractivity contribution in [3.8, 4) is 0 Å². The smallest absolute Gasteiger partial charge is 0.251 e. The maximum absolute atomic E-state index is 12.1. The first-order chi connectivity index (χ1) is 11.0. The Kier molecular flexibility index (Phi) is 4.26. The maximum atomic E-state index is 12.1. The van der Waals surface area contributed by atoms with E-state index in [1.54, 1.807) is 11.1 Å². The summed E-state index contributed by atoms with van der Waals surface area (Å²) in [6.45, 7) is 5.10. The number of H-pyrrole nitrogens is 1. The van der Waals surface area contributed by atoms with Crippen molar-refractivity contribution in [2.75, 3.05) is 25.0 Å². The SMILES string of the molecule is C[C@H](O)C(=O)N1CC[C@@H](C)C(N(C)c2ccnc3[nH]ccc23)C1. The number of likely N-dealkylation sites (N-methyl/N-ethyl adjacent to an activating group) is 1. The number of piperidine rings is 1. The van der Waals surface area contributed by atoms with Gasteiger partial charge >= 0.3 is 0 Å². The van der Waals surface area contributed by atoms with Crippen LogP contribution in [-0.4, -0.2) is 58.2 Å². The lowest BCUT2D eigenvalue weighted by molar-refractivity contribution is -0.140. The summed E-state index contributed by atoms with van der Waals surface area (Å²) in [4.78, 5) is 23.6. The molecule has 3 heterocycles. The van der Waals surface area contributed by atoms with Crippen molar-refractivity contribution in [2.24, 2.45) is 5.92 Å². The van der Waals surface area contributed by atoms with Crippen molar-refractivity contribution in [3.63, 3.8) is 0 Å². The molecule has 1 fully saturated rings. The van der Waals surface area contributed by atoms with Crippen LogP contribution in [0.2, 0.25) is 0 Å². The quantitative estimate of drug-likeness (QED) is 0.902. The summed E-state index contributed by atoms with van der Waals surface area (Å²) < 4.78 is 0. The molecule has 0 spiro atoms. The van der Waals surface area contributed by atoms with Crippen LogP contribution in [0.5, 0.6) is 0 Å². The Bertz CT molecular complexity index is 697. The maximum Gasteiger partial charge on any atom is 0.251 e. The molecule has 6 nitrogen and oxygen atoms in total. The monoisotopic (exact) mass is 316 g/mol. The third-order valence-electron chi connectivity index (χ3n) is 4.90. The van der Waals surface area contributed by atoms with Gasteiger partial charge in [0.15, 0.2) is 0 Å². The molecule has 23 heavy (non-hydrogen) atoms.